The fourth-order valence-corrected chi connectivity index (χ4v) is 0.536. The number of urea groups is 1. The Hall–Kier alpha value is -1.45. The fourth-order valence-electron chi connectivity index (χ4n) is 0.536. The Morgan fingerprint density at radius 2 is 1.93 bits per heavy atom. The van der Waals surface area contributed by atoms with Gasteiger partial charge >= 0.3 is 12.2 Å². The molecule has 0 rings (SSSR count). The summed E-state index contributed by atoms with van der Waals surface area (Å²) in [6.45, 7) is 1.33. The van der Waals surface area contributed by atoms with E-state index in [0.717, 1.165) is 0 Å². The molecule has 0 fully saturated rings. The van der Waals surface area contributed by atoms with Gasteiger partial charge in [0.15, 0.2) is 0 Å². The second kappa shape index (κ2) is 4.17. The maximum atomic E-state index is 11.6. The summed E-state index contributed by atoms with van der Waals surface area (Å²) < 4.78 is 34.9. The van der Waals surface area contributed by atoms with Crippen LogP contribution in [0.15, 0.2) is 0 Å². The number of rotatable bonds is 2. The van der Waals surface area contributed by atoms with Crippen molar-refractivity contribution in [2.45, 2.75) is 25.6 Å². The van der Waals surface area contributed by atoms with Crippen molar-refractivity contribution in [3.63, 3.8) is 0 Å². The van der Waals surface area contributed by atoms with Crippen LogP contribution in [0.2, 0.25) is 0 Å². The summed E-state index contributed by atoms with van der Waals surface area (Å²) in [7, 11) is 0. The number of nitrogens with zero attached hydrogens (tertiary/aromatic N) is 1. The molecular weight excluding hydrogens is 199 g/mol. The minimum absolute atomic E-state index is 1.02. The molecule has 7 heteroatoms. The van der Waals surface area contributed by atoms with Crippen LogP contribution >= 0.6 is 0 Å². The summed E-state index contributed by atoms with van der Waals surface area (Å²) in [5, 5.41) is 12.1. The number of halogens is 3. The molecule has 0 radical (unpaired) electrons. The molecule has 0 spiro atoms. The number of nitriles is 1. The maximum Gasteiger partial charge on any atom is 0.405 e. The van der Waals surface area contributed by atoms with Gasteiger partial charge in [0.25, 0.3) is 0 Å². The number of carbonyl (C=O) groups excluding carboxylic acids is 1. The van der Waals surface area contributed by atoms with Crippen LogP contribution in [-0.2, 0) is 0 Å². The lowest BCUT2D eigenvalue weighted by Gasteiger charge is -2.18. The van der Waals surface area contributed by atoms with E-state index >= 15 is 0 Å². The Balaban J connectivity index is 3.97. The predicted molar refractivity (Wildman–Crippen MR) is 42.3 cm³/mol. The predicted octanol–water partition coefficient (Wildman–Crippen LogP) is 1.15. The molecule has 0 aromatic rings. The van der Waals surface area contributed by atoms with E-state index in [-0.39, 0.29) is 0 Å². The lowest BCUT2D eigenvalue weighted by Crippen LogP contribution is -2.49. The van der Waals surface area contributed by atoms with Crippen LogP contribution in [0.4, 0.5) is 18.0 Å². The topological polar surface area (TPSA) is 64.9 Å². The summed E-state index contributed by atoms with van der Waals surface area (Å²) in [6, 6.07) is 0.697. The SMILES string of the molecule is CC(C)(C#N)NC(=O)NCC(F)(F)F. The summed E-state index contributed by atoms with van der Waals surface area (Å²) >= 11 is 0. The Bertz CT molecular complexity index is 254. The minimum atomic E-state index is -4.45. The van der Waals surface area contributed by atoms with Crippen LogP contribution in [0, 0.1) is 11.3 Å². The van der Waals surface area contributed by atoms with Gasteiger partial charge in [-0.05, 0) is 13.8 Å². The normalized spacial score (nSPS) is 11.7. The summed E-state index contributed by atoms with van der Waals surface area (Å²) in [5.41, 5.74) is -1.18. The zero-order valence-corrected chi connectivity index (χ0v) is 7.70. The van der Waals surface area contributed by atoms with Gasteiger partial charge in [-0.3, -0.25) is 0 Å². The highest BCUT2D eigenvalue weighted by atomic mass is 19.4. The molecule has 14 heavy (non-hydrogen) atoms. The highest BCUT2D eigenvalue weighted by Crippen LogP contribution is 2.12. The van der Waals surface area contributed by atoms with Crippen LogP contribution in [0.5, 0.6) is 0 Å². The molecule has 2 amide bonds. The van der Waals surface area contributed by atoms with Crippen molar-refractivity contribution in [2.75, 3.05) is 6.54 Å². The number of amides is 2. The van der Waals surface area contributed by atoms with Crippen molar-refractivity contribution >= 4 is 6.03 Å². The monoisotopic (exact) mass is 209 g/mol. The molecule has 0 unspecified atom stereocenters. The average molecular weight is 209 g/mol. The summed E-state index contributed by atoms with van der Waals surface area (Å²) in [5.74, 6) is 0. The Morgan fingerprint density at radius 1 is 1.43 bits per heavy atom. The van der Waals surface area contributed by atoms with Crippen molar-refractivity contribution in [3.8, 4) is 6.07 Å². The molecule has 0 bridgehead atoms. The first kappa shape index (κ1) is 12.6. The Kier molecular flexibility index (Phi) is 3.74. The average Bonchev–Trinajstić information content (AvgIpc) is 1.99. The lowest BCUT2D eigenvalue weighted by atomic mass is 10.1. The summed E-state index contributed by atoms with van der Waals surface area (Å²) in [6.07, 6.45) is -4.45. The van der Waals surface area contributed by atoms with Crippen LogP contribution in [0.1, 0.15) is 13.8 Å². The second-order valence-corrected chi connectivity index (χ2v) is 3.16. The smallest absolute Gasteiger partial charge is 0.329 e. The number of nitrogens with one attached hydrogen (secondary N) is 2. The van der Waals surface area contributed by atoms with E-state index < -0.39 is 24.3 Å². The minimum Gasteiger partial charge on any atom is -0.329 e. The van der Waals surface area contributed by atoms with E-state index in [9.17, 15) is 18.0 Å². The maximum absolute atomic E-state index is 11.6. The molecule has 0 aromatic heterocycles. The van der Waals surface area contributed by atoms with Gasteiger partial charge in [0.1, 0.15) is 12.1 Å². The quantitative estimate of drug-likeness (QED) is 0.716. The first-order valence-electron chi connectivity index (χ1n) is 3.70. The van der Waals surface area contributed by atoms with E-state index in [4.69, 9.17) is 5.26 Å². The van der Waals surface area contributed by atoms with Gasteiger partial charge in [-0.15, -0.1) is 0 Å². The molecule has 0 aliphatic carbocycles. The van der Waals surface area contributed by atoms with Crippen LogP contribution in [0.25, 0.3) is 0 Å². The van der Waals surface area contributed by atoms with Gasteiger partial charge in [0.05, 0.1) is 6.07 Å². The number of carbonyl (C=O) groups is 1. The van der Waals surface area contributed by atoms with E-state index in [1.807, 2.05) is 0 Å². The largest absolute Gasteiger partial charge is 0.405 e. The molecule has 0 atom stereocenters. The van der Waals surface area contributed by atoms with Crippen molar-refractivity contribution in [1.29, 1.82) is 5.26 Å². The van der Waals surface area contributed by atoms with Crippen molar-refractivity contribution in [3.05, 3.63) is 0 Å². The standard InChI is InChI=1S/C7H10F3N3O/c1-6(2,3-11)13-5(14)12-4-7(8,9)10/h4H2,1-2H3,(H2,12,13,14). The molecule has 80 valence electrons. The number of alkyl halides is 3. The van der Waals surface area contributed by atoms with Gasteiger partial charge in [-0.1, -0.05) is 0 Å². The molecule has 0 aliphatic rings. The first-order chi connectivity index (χ1) is 6.16. The van der Waals surface area contributed by atoms with Crippen LogP contribution in [0.3, 0.4) is 0 Å². The van der Waals surface area contributed by atoms with Gasteiger partial charge in [0.2, 0.25) is 0 Å². The van der Waals surface area contributed by atoms with Crippen LogP contribution < -0.4 is 10.6 Å². The third-order valence-electron chi connectivity index (χ3n) is 1.15. The van der Waals surface area contributed by atoms with Gasteiger partial charge < -0.3 is 10.6 Å². The van der Waals surface area contributed by atoms with Gasteiger partial charge in [-0.25, -0.2) is 4.79 Å². The van der Waals surface area contributed by atoms with Crippen molar-refractivity contribution < 1.29 is 18.0 Å². The van der Waals surface area contributed by atoms with Crippen molar-refractivity contribution in [2.24, 2.45) is 0 Å². The molecule has 4 nitrogen and oxygen atoms in total. The van der Waals surface area contributed by atoms with Gasteiger partial charge in [0, 0.05) is 0 Å². The summed E-state index contributed by atoms with van der Waals surface area (Å²) in [4.78, 5) is 10.8. The van der Waals surface area contributed by atoms with E-state index in [2.05, 4.69) is 5.32 Å². The number of hydrogen-bond acceptors (Lipinski definition) is 2. The molecule has 0 saturated carbocycles. The number of hydrogen-bond donors (Lipinski definition) is 2. The lowest BCUT2D eigenvalue weighted by molar-refractivity contribution is -0.122. The highest BCUT2D eigenvalue weighted by Gasteiger charge is 2.28. The molecular formula is C7H10F3N3O. The molecule has 0 heterocycles. The zero-order valence-electron chi connectivity index (χ0n) is 7.70. The van der Waals surface area contributed by atoms with Crippen molar-refractivity contribution in [1.82, 2.24) is 10.6 Å². The second-order valence-electron chi connectivity index (χ2n) is 3.16. The molecule has 0 aromatic carbocycles. The third-order valence-corrected chi connectivity index (χ3v) is 1.15. The fraction of sp³-hybridized carbons (Fsp3) is 0.714. The van der Waals surface area contributed by atoms with E-state index in [0.29, 0.717) is 0 Å². The first-order valence-corrected chi connectivity index (χ1v) is 3.70. The Labute approximate surface area is 79.1 Å². The zero-order chi connectivity index (χ0) is 11.4. The van der Waals surface area contributed by atoms with Crippen LogP contribution in [-0.4, -0.2) is 24.3 Å². The van der Waals surface area contributed by atoms with E-state index in [1.54, 1.807) is 11.4 Å². The van der Waals surface area contributed by atoms with Gasteiger partial charge in [-0.2, -0.15) is 18.4 Å². The van der Waals surface area contributed by atoms with E-state index in [1.165, 1.54) is 13.8 Å². The molecule has 2 N–H and O–H groups in total. The third kappa shape index (κ3) is 6.11. The Morgan fingerprint density at radius 3 is 2.29 bits per heavy atom. The molecule has 0 saturated heterocycles. The highest BCUT2D eigenvalue weighted by molar-refractivity contribution is 5.75. The molecule has 0 aliphatic heterocycles.